The van der Waals surface area contributed by atoms with Crippen LogP contribution in [-0.4, -0.2) is 13.2 Å². The van der Waals surface area contributed by atoms with Gasteiger partial charge in [-0.2, -0.15) is 0 Å². The summed E-state index contributed by atoms with van der Waals surface area (Å²) in [5.74, 6) is 1.78. The Morgan fingerprint density at radius 3 is 2.94 bits per heavy atom. The van der Waals surface area contributed by atoms with Crippen LogP contribution in [0.2, 0.25) is 5.02 Å². The Labute approximate surface area is 114 Å². The molecule has 1 heterocycles. The van der Waals surface area contributed by atoms with Gasteiger partial charge in [0.15, 0.2) is 0 Å². The van der Waals surface area contributed by atoms with Crippen molar-refractivity contribution in [3.8, 4) is 5.75 Å². The van der Waals surface area contributed by atoms with Gasteiger partial charge in [0.05, 0.1) is 6.61 Å². The Balaban J connectivity index is 1.86. The zero-order valence-electron chi connectivity index (χ0n) is 10.8. The summed E-state index contributed by atoms with van der Waals surface area (Å²) in [6, 6.07) is 6.00. The molecule has 1 saturated heterocycles. The Hall–Kier alpha value is -0.730. The summed E-state index contributed by atoms with van der Waals surface area (Å²) in [5.41, 5.74) is 1.23. The lowest BCUT2D eigenvalue weighted by Gasteiger charge is -2.27. The van der Waals surface area contributed by atoms with E-state index in [2.05, 4.69) is 18.3 Å². The van der Waals surface area contributed by atoms with E-state index in [4.69, 9.17) is 16.3 Å². The van der Waals surface area contributed by atoms with E-state index in [1.807, 2.05) is 12.1 Å². The van der Waals surface area contributed by atoms with Gasteiger partial charge in [0, 0.05) is 16.1 Å². The minimum absolute atomic E-state index is 0.0176. The molecular formula is C15H20ClNO. The maximum absolute atomic E-state index is 6.15. The average molecular weight is 266 g/mol. The summed E-state index contributed by atoms with van der Waals surface area (Å²) in [4.78, 5) is 0. The van der Waals surface area contributed by atoms with Crippen LogP contribution < -0.4 is 10.1 Å². The number of hydrogen-bond donors (Lipinski definition) is 1. The molecule has 1 atom stereocenters. The van der Waals surface area contributed by atoms with Crippen LogP contribution in [0.5, 0.6) is 5.75 Å². The van der Waals surface area contributed by atoms with Crippen molar-refractivity contribution in [1.29, 1.82) is 0 Å². The molecule has 3 rings (SSSR count). The van der Waals surface area contributed by atoms with Gasteiger partial charge in [0.25, 0.3) is 0 Å². The molecule has 1 aliphatic carbocycles. The Morgan fingerprint density at radius 1 is 1.44 bits per heavy atom. The summed E-state index contributed by atoms with van der Waals surface area (Å²) < 4.78 is 6.00. The maximum atomic E-state index is 6.15. The van der Waals surface area contributed by atoms with Crippen LogP contribution in [0.3, 0.4) is 0 Å². The fraction of sp³-hybridized carbons (Fsp3) is 0.600. The van der Waals surface area contributed by atoms with Gasteiger partial charge in [-0.3, -0.25) is 0 Å². The van der Waals surface area contributed by atoms with Crippen LogP contribution in [0.4, 0.5) is 0 Å². The van der Waals surface area contributed by atoms with Crippen molar-refractivity contribution < 1.29 is 4.74 Å². The summed E-state index contributed by atoms with van der Waals surface area (Å²) in [7, 11) is 0. The molecule has 0 bridgehead atoms. The van der Waals surface area contributed by atoms with Crippen molar-refractivity contribution in [2.75, 3.05) is 13.2 Å². The first-order valence-electron chi connectivity index (χ1n) is 6.85. The van der Waals surface area contributed by atoms with E-state index < -0.39 is 0 Å². The molecule has 1 unspecified atom stereocenters. The molecule has 2 nitrogen and oxygen atoms in total. The van der Waals surface area contributed by atoms with Gasteiger partial charge in [-0.1, -0.05) is 11.6 Å². The highest BCUT2D eigenvalue weighted by Crippen LogP contribution is 2.39. The van der Waals surface area contributed by atoms with Gasteiger partial charge in [-0.25, -0.2) is 0 Å². The van der Waals surface area contributed by atoms with Crippen LogP contribution in [0.25, 0.3) is 0 Å². The second-order valence-corrected chi connectivity index (χ2v) is 6.19. The molecule has 0 spiro atoms. The summed E-state index contributed by atoms with van der Waals surface area (Å²) in [6.07, 6.45) is 5.00. The molecule has 0 aromatic heterocycles. The van der Waals surface area contributed by atoms with Crippen LogP contribution in [-0.2, 0) is 5.54 Å². The number of nitrogens with one attached hydrogen (secondary N) is 1. The Bertz CT molecular complexity index is 436. The van der Waals surface area contributed by atoms with E-state index in [1.165, 1.54) is 24.8 Å². The predicted octanol–water partition coefficient (Wildman–Crippen LogP) is 3.73. The number of benzene rings is 1. The second kappa shape index (κ2) is 4.75. The minimum Gasteiger partial charge on any atom is -0.493 e. The molecule has 2 aliphatic rings. The summed E-state index contributed by atoms with van der Waals surface area (Å²) in [5, 5.41) is 4.37. The van der Waals surface area contributed by atoms with Crippen LogP contribution in [0.15, 0.2) is 18.2 Å². The van der Waals surface area contributed by atoms with Crippen LogP contribution in [0, 0.1) is 5.92 Å². The van der Waals surface area contributed by atoms with Crippen molar-refractivity contribution >= 4 is 11.6 Å². The molecule has 0 amide bonds. The van der Waals surface area contributed by atoms with Crippen LogP contribution in [0.1, 0.15) is 38.2 Å². The van der Waals surface area contributed by atoms with E-state index in [1.54, 1.807) is 0 Å². The first-order chi connectivity index (χ1) is 8.67. The third kappa shape index (κ3) is 2.50. The highest BCUT2D eigenvalue weighted by Gasteiger charge is 2.33. The molecular weight excluding hydrogens is 246 g/mol. The zero-order valence-corrected chi connectivity index (χ0v) is 11.6. The highest BCUT2D eigenvalue weighted by molar-refractivity contribution is 6.30. The standard InChI is InChI=1S/C15H20ClNO/c1-15(7-2-8-17-15)13-9-12(16)5-6-14(13)18-10-11-3-4-11/h5-6,9,11,17H,2-4,7-8,10H2,1H3. The van der Waals surface area contributed by atoms with Gasteiger partial charge in [0.1, 0.15) is 5.75 Å². The number of hydrogen-bond acceptors (Lipinski definition) is 2. The molecule has 1 saturated carbocycles. The van der Waals surface area contributed by atoms with E-state index in [-0.39, 0.29) is 5.54 Å². The Kier molecular flexibility index (Phi) is 3.25. The lowest BCUT2D eigenvalue weighted by atomic mass is 9.90. The monoisotopic (exact) mass is 265 g/mol. The molecule has 2 fully saturated rings. The SMILES string of the molecule is CC1(c2cc(Cl)ccc2OCC2CC2)CCCN1. The van der Waals surface area contributed by atoms with Gasteiger partial charge in [-0.15, -0.1) is 0 Å². The largest absolute Gasteiger partial charge is 0.493 e. The quantitative estimate of drug-likeness (QED) is 0.896. The second-order valence-electron chi connectivity index (χ2n) is 5.76. The molecule has 1 aromatic carbocycles. The van der Waals surface area contributed by atoms with Crippen molar-refractivity contribution in [3.63, 3.8) is 0 Å². The fourth-order valence-electron chi connectivity index (χ4n) is 2.68. The minimum atomic E-state index is 0.0176. The molecule has 1 aromatic rings. The number of rotatable bonds is 4. The lowest BCUT2D eigenvalue weighted by molar-refractivity contribution is 0.286. The van der Waals surface area contributed by atoms with Gasteiger partial charge in [-0.05, 0) is 63.3 Å². The fourth-order valence-corrected chi connectivity index (χ4v) is 2.85. The molecule has 0 radical (unpaired) electrons. The summed E-state index contributed by atoms with van der Waals surface area (Å²) in [6.45, 7) is 4.17. The number of ether oxygens (including phenoxy) is 1. The third-order valence-corrected chi connectivity index (χ3v) is 4.31. The van der Waals surface area contributed by atoms with E-state index >= 15 is 0 Å². The summed E-state index contributed by atoms with van der Waals surface area (Å²) >= 11 is 6.15. The lowest BCUT2D eigenvalue weighted by Crippen LogP contribution is -2.33. The topological polar surface area (TPSA) is 21.3 Å². The smallest absolute Gasteiger partial charge is 0.124 e. The van der Waals surface area contributed by atoms with Crippen molar-refractivity contribution in [1.82, 2.24) is 5.32 Å². The molecule has 98 valence electrons. The maximum Gasteiger partial charge on any atom is 0.124 e. The van der Waals surface area contributed by atoms with E-state index in [0.29, 0.717) is 0 Å². The highest BCUT2D eigenvalue weighted by atomic mass is 35.5. The normalized spacial score (nSPS) is 27.4. The van der Waals surface area contributed by atoms with E-state index in [9.17, 15) is 0 Å². The first-order valence-corrected chi connectivity index (χ1v) is 7.23. The average Bonchev–Trinajstić information content (AvgIpc) is 3.09. The molecule has 1 N–H and O–H groups in total. The van der Waals surface area contributed by atoms with Crippen molar-refractivity contribution in [2.24, 2.45) is 5.92 Å². The van der Waals surface area contributed by atoms with Gasteiger partial charge < -0.3 is 10.1 Å². The predicted molar refractivity (Wildman–Crippen MR) is 74.3 cm³/mol. The zero-order chi connectivity index (χ0) is 12.6. The number of halogens is 1. The molecule has 1 aliphatic heterocycles. The molecule has 18 heavy (non-hydrogen) atoms. The van der Waals surface area contributed by atoms with Crippen LogP contribution >= 0.6 is 11.6 Å². The first kappa shape index (κ1) is 12.3. The third-order valence-electron chi connectivity index (χ3n) is 4.08. The van der Waals surface area contributed by atoms with Gasteiger partial charge >= 0.3 is 0 Å². The van der Waals surface area contributed by atoms with Gasteiger partial charge in [0.2, 0.25) is 0 Å². The van der Waals surface area contributed by atoms with Crippen molar-refractivity contribution in [3.05, 3.63) is 28.8 Å². The van der Waals surface area contributed by atoms with E-state index in [0.717, 1.165) is 36.3 Å². The molecule has 3 heteroatoms. The Morgan fingerprint density at radius 2 is 2.28 bits per heavy atom. The van der Waals surface area contributed by atoms with Crippen molar-refractivity contribution in [2.45, 2.75) is 38.1 Å².